The van der Waals surface area contributed by atoms with Gasteiger partial charge in [-0.05, 0) is 40.4 Å². The third-order valence-electron chi connectivity index (χ3n) is 4.01. The van der Waals surface area contributed by atoms with Gasteiger partial charge >= 0.3 is 21.7 Å². The summed E-state index contributed by atoms with van der Waals surface area (Å²) in [6.07, 6.45) is -7.25. The number of alkyl halides is 4. The van der Waals surface area contributed by atoms with E-state index in [1.807, 2.05) is 0 Å². The fourth-order valence-electron chi connectivity index (χ4n) is 2.73. The summed E-state index contributed by atoms with van der Waals surface area (Å²) in [7, 11) is -6.19. The van der Waals surface area contributed by atoms with Crippen molar-refractivity contribution in [2.45, 2.75) is 36.7 Å². The van der Waals surface area contributed by atoms with Crippen molar-refractivity contribution in [3.8, 4) is 0 Å². The highest BCUT2D eigenvalue weighted by Crippen LogP contribution is 2.33. The number of carboxylic acid groups (broad SMARTS) is 1. The first kappa shape index (κ1) is 21.8. The Morgan fingerprint density at radius 1 is 1.37 bits per heavy atom. The first-order valence-corrected chi connectivity index (χ1v) is 9.61. The first-order chi connectivity index (χ1) is 12.3. The molecule has 3 atom stereocenters. The van der Waals surface area contributed by atoms with Gasteiger partial charge in [-0.3, -0.25) is 4.18 Å². The largest absolute Gasteiger partial charge is 0.523 e. The predicted octanol–water partition coefficient (Wildman–Crippen LogP) is 3.46. The predicted molar refractivity (Wildman–Crippen MR) is 85.7 cm³/mol. The molecule has 0 unspecified atom stereocenters. The summed E-state index contributed by atoms with van der Waals surface area (Å²) in [5, 5.41) is 9.25. The molecular formula is C14H13BrF5NO5S. The van der Waals surface area contributed by atoms with Crippen LogP contribution in [0.2, 0.25) is 0 Å². The van der Waals surface area contributed by atoms with E-state index in [0.717, 1.165) is 0 Å². The van der Waals surface area contributed by atoms with Gasteiger partial charge in [-0.2, -0.15) is 21.6 Å². The molecule has 6 nitrogen and oxygen atoms in total. The molecule has 0 bridgehead atoms. The minimum Gasteiger partial charge on any atom is -0.465 e. The number of nitrogens with zero attached hydrogens (tertiary/aromatic N) is 1. The van der Waals surface area contributed by atoms with E-state index in [1.165, 1.54) is 18.2 Å². The maximum absolute atomic E-state index is 14.3. The smallest absolute Gasteiger partial charge is 0.465 e. The summed E-state index contributed by atoms with van der Waals surface area (Å²) in [6, 6.07) is 2.24. The zero-order chi connectivity index (χ0) is 20.6. The van der Waals surface area contributed by atoms with Gasteiger partial charge in [0.1, 0.15) is 18.1 Å². The topological polar surface area (TPSA) is 83.9 Å². The van der Waals surface area contributed by atoms with Gasteiger partial charge < -0.3 is 10.0 Å². The van der Waals surface area contributed by atoms with Gasteiger partial charge in [-0.1, -0.05) is 12.1 Å². The third kappa shape index (κ3) is 4.69. The molecule has 0 aromatic heterocycles. The number of likely N-dealkylation sites (tertiary alicyclic amines) is 1. The molecule has 1 saturated heterocycles. The Morgan fingerprint density at radius 3 is 2.56 bits per heavy atom. The third-order valence-corrected chi connectivity index (χ3v) is 5.66. The molecule has 1 aromatic rings. The lowest BCUT2D eigenvalue weighted by atomic mass is 9.92. The number of amides is 1. The molecule has 1 aliphatic rings. The number of hydrogen-bond acceptors (Lipinski definition) is 4. The number of halogens is 6. The second-order valence-electron chi connectivity index (χ2n) is 5.73. The van der Waals surface area contributed by atoms with E-state index in [2.05, 4.69) is 20.1 Å². The Morgan fingerprint density at radius 2 is 2.00 bits per heavy atom. The van der Waals surface area contributed by atoms with E-state index in [9.17, 15) is 40.3 Å². The summed E-state index contributed by atoms with van der Waals surface area (Å²) in [6.45, 7) is -0.414. The molecule has 27 heavy (non-hydrogen) atoms. The molecule has 1 fully saturated rings. The van der Waals surface area contributed by atoms with Crippen LogP contribution in [0.15, 0.2) is 22.7 Å². The van der Waals surface area contributed by atoms with Crippen LogP contribution in [0, 0.1) is 5.82 Å². The van der Waals surface area contributed by atoms with Crippen molar-refractivity contribution >= 4 is 32.1 Å². The van der Waals surface area contributed by atoms with E-state index in [-0.39, 0.29) is 10.0 Å². The molecule has 1 aromatic carbocycles. The molecule has 1 N–H and O–H groups in total. The summed E-state index contributed by atoms with van der Waals surface area (Å²) in [4.78, 5) is 11.9. The van der Waals surface area contributed by atoms with E-state index >= 15 is 0 Å². The van der Waals surface area contributed by atoms with Gasteiger partial charge in [0, 0.05) is 6.54 Å². The number of rotatable bonds is 4. The van der Waals surface area contributed by atoms with Crippen molar-refractivity contribution in [1.82, 2.24) is 4.90 Å². The Bertz CT molecular complexity index is 819. The molecule has 1 heterocycles. The zero-order valence-corrected chi connectivity index (χ0v) is 15.7. The average Bonchev–Trinajstić information content (AvgIpc) is 2.53. The van der Waals surface area contributed by atoms with E-state index in [4.69, 9.17) is 0 Å². The maximum atomic E-state index is 14.3. The Hall–Kier alpha value is -1.47. The van der Waals surface area contributed by atoms with Crippen molar-refractivity contribution in [2.75, 3.05) is 6.54 Å². The van der Waals surface area contributed by atoms with Crippen LogP contribution in [-0.2, 0) is 20.7 Å². The molecule has 13 heteroatoms. The quantitative estimate of drug-likeness (QED) is 0.404. The van der Waals surface area contributed by atoms with Crippen LogP contribution in [0.25, 0.3) is 0 Å². The summed E-state index contributed by atoms with van der Waals surface area (Å²) in [5.41, 5.74) is -5.96. The monoisotopic (exact) mass is 481 g/mol. The lowest BCUT2D eigenvalue weighted by Gasteiger charge is -2.40. The van der Waals surface area contributed by atoms with Crippen molar-refractivity contribution in [3.63, 3.8) is 0 Å². The Balaban J connectivity index is 2.43. The Kier molecular flexibility index (Phi) is 6.37. The zero-order valence-electron chi connectivity index (χ0n) is 13.3. The van der Waals surface area contributed by atoms with Crippen LogP contribution in [-0.4, -0.2) is 54.9 Å². The second-order valence-corrected chi connectivity index (χ2v) is 8.14. The van der Waals surface area contributed by atoms with Gasteiger partial charge in [0.15, 0.2) is 0 Å². The average molecular weight is 482 g/mol. The SMILES string of the molecule is O=C(O)N1CC[C@@H](F)[C@H](OS(=O)(=O)C(F)(F)F)[C@H]1Cc1cccc(Br)c1F. The molecule has 2 rings (SSSR count). The summed E-state index contributed by atoms with van der Waals surface area (Å²) < 4.78 is 92.9. The molecular weight excluding hydrogens is 469 g/mol. The number of carbonyl (C=O) groups is 1. The number of piperidine rings is 1. The Labute approximate surface area is 159 Å². The standard InChI is InChI=1S/C14H13BrF5NO5S/c15-8-3-1-2-7(11(8)17)6-10-12(26-27(24,25)14(18,19)20)9(16)4-5-21(10)13(22)23/h1-3,9-10,12H,4-6H2,(H,22,23)/t9-,10-,12+/m1/s1. The molecule has 0 aliphatic carbocycles. The van der Waals surface area contributed by atoms with Gasteiger partial charge in [0.05, 0.1) is 10.5 Å². The van der Waals surface area contributed by atoms with Crippen molar-refractivity contribution < 1.29 is 44.5 Å². The minimum atomic E-state index is -6.19. The first-order valence-electron chi connectivity index (χ1n) is 7.41. The van der Waals surface area contributed by atoms with Crippen molar-refractivity contribution in [3.05, 3.63) is 34.1 Å². The molecule has 1 amide bonds. The normalized spacial score (nSPS) is 24.1. The van der Waals surface area contributed by atoms with Crippen LogP contribution in [0.4, 0.5) is 26.7 Å². The van der Waals surface area contributed by atoms with E-state index < -0.39 is 65.2 Å². The highest BCUT2D eigenvalue weighted by Gasteiger charge is 2.52. The van der Waals surface area contributed by atoms with Crippen LogP contribution < -0.4 is 0 Å². The van der Waals surface area contributed by atoms with E-state index in [0.29, 0.717) is 4.90 Å². The lowest BCUT2D eigenvalue weighted by Crippen LogP contribution is -2.58. The summed E-state index contributed by atoms with van der Waals surface area (Å²) >= 11 is 2.90. The number of benzene rings is 1. The molecule has 0 saturated carbocycles. The van der Waals surface area contributed by atoms with Crippen LogP contribution in [0.3, 0.4) is 0 Å². The number of hydrogen-bond donors (Lipinski definition) is 1. The molecule has 1 aliphatic heterocycles. The van der Waals surface area contributed by atoms with Crippen molar-refractivity contribution in [2.24, 2.45) is 0 Å². The van der Waals surface area contributed by atoms with Gasteiger partial charge in [-0.15, -0.1) is 0 Å². The fraction of sp³-hybridized carbons (Fsp3) is 0.500. The molecule has 0 spiro atoms. The van der Waals surface area contributed by atoms with Gasteiger partial charge in [0.2, 0.25) is 0 Å². The van der Waals surface area contributed by atoms with E-state index in [1.54, 1.807) is 0 Å². The second kappa shape index (κ2) is 7.87. The molecule has 152 valence electrons. The maximum Gasteiger partial charge on any atom is 0.523 e. The van der Waals surface area contributed by atoms with Crippen molar-refractivity contribution in [1.29, 1.82) is 0 Å². The van der Waals surface area contributed by atoms with Crippen LogP contribution in [0.5, 0.6) is 0 Å². The summed E-state index contributed by atoms with van der Waals surface area (Å²) in [5.74, 6) is -0.832. The fourth-order valence-corrected chi connectivity index (χ4v) is 3.79. The van der Waals surface area contributed by atoms with Gasteiger partial charge in [-0.25, -0.2) is 13.6 Å². The highest BCUT2D eigenvalue weighted by molar-refractivity contribution is 9.10. The highest BCUT2D eigenvalue weighted by atomic mass is 79.9. The minimum absolute atomic E-state index is 0.00476. The molecule has 0 radical (unpaired) electrons. The van der Waals surface area contributed by atoms with Crippen LogP contribution >= 0.6 is 15.9 Å². The van der Waals surface area contributed by atoms with Gasteiger partial charge in [0.25, 0.3) is 0 Å². The lowest BCUT2D eigenvalue weighted by molar-refractivity contribution is -0.0719. The van der Waals surface area contributed by atoms with Crippen LogP contribution in [0.1, 0.15) is 12.0 Å².